The summed E-state index contributed by atoms with van der Waals surface area (Å²) in [7, 11) is -2.99. The number of sulfone groups is 1. The molecule has 5 nitrogen and oxygen atoms in total. The first-order valence-corrected chi connectivity index (χ1v) is 8.02. The van der Waals surface area contributed by atoms with Crippen molar-refractivity contribution in [2.75, 3.05) is 11.5 Å². The van der Waals surface area contributed by atoms with Gasteiger partial charge in [-0.1, -0.05) is 29.8 Å². The molecule has 0 bridgehead atoms. The second-order valence-corrected chi connectivity index (χ2v) is 7.23. The van der Waals surface area contributed by atoms with Crippen LogP contribution in [0.5, 0.6) is 0 Å². The van der Waals surface area contributed by atoms with Crippen LogP contribution >= 0.6 is 12.4 Å². The maximum atomic E-state index is 12.0. The Labute approximate surface area is 125 Å². The monoisotopic (exact) mass is 318 g/mol. The van der Waals surface area contributed by atoms with Crippen molar-refractivity contribution >= 4 is 28.2 Å². The van der Waals surface area contributed by atoms with Crippen LogP contribution in [0.4, 0.5) is 0 Å². The summed E-state index contributed by atoms with van der Waals surface area (Å²) >= 11 is 0. The van der Waals surface area contributed by atoms with E-state index in [4.69, 9.17) is 5.73 Å². The Bertz CT molecular complexity index is 572. The molecule has 1 fully saturated rings. The lowest BCUT2D eigenvalue weighted by atomic mass is 10.0. The molecule has 0 aliphatic carbocycles. The minimum atomic E-state index is -2.99. The van der Waals surface area contributed by atoms with Crippen LogP contribution in [-0.2, 0) is 14.6 Å². The highest BCUT2D eigenvalue weighted by Crippen LogP contribution is 2.15. The van der Waals surface area contributed by atoms with E-state index < -0.39 is 15.9 Å². The average Bonchev–Trinajstić information content (AvgIpc) is 2.68. The molecular formula is C13H19ClN2O3S. The summed E-state index contributed by atoms with van der Waals surface area (Å²) in [4.78, 5) is 12.0. The minimum absolute atomic E-state index is 0. The molecule has 1 aliphatic rings. The van der Waals surface area contributed by atoms with Gasteiger partial charge in [0.15, 0.2) is 9.84 Å². The first kappa shape index (κ1) is 16.9. The van der Waals surface area contributed by atoms with Crippen LogP contribution < -0.4 is 11.1 Å². The van der Waals surface area contributed by atoms with Gasteiger partial charge in [0.1, 0.15) is 6.04 Å². The number of carbonyl (C=O) groups is 1. The number of nitrogens with two attached hydrogens (primary N) is 1. The zero-order valence-corrected chi connectivity index (χ0v) is 12.8. The molecule has 1 amide bonds. The normalized spacial score (nSPS) is 21.8. The number of hydrogen-bond acceptors (Lipinski definition) is 4. The lowest BCUT2D eigenvalue weighted by Gasteiger charge is -2.16. The number of hydrogen-bond donors (Lipinski definition) is 2. The van der Waals surface area contributed by atoms with Gasteiger partial charge < -0.3 is 11.1 Å². The van der Waals surface area contributed by atoms with E-state index in [0.717, 1.165) is 11.1 Å². The molecule has 0 saturated carbocycles. The van der Waals surface area contributed by atoms with E-state index in [2.05, 4.69) is 5.32 Å². The molecule has 1 aromatic carbocycles. The van der Waals surface area contributed by atoms with Crippen molar-refractivity contribution < 1.29 is 13.2 Å². The standard InChI is InChI=1S/C13H18N2O3S.ClH/c1-9-2-4-10(5-3-9)12(14)13(16)15-11-6-7-19(17,18)8-11;/h2-5,11-12H,6-8,14H2,1H3,(H,15,16);1H. The molecule has 3 N–H and O–H groups in total. The third-order valence-electron chi connectivity index (χ3n) is 3.30. The first-order chi connectivity index (χ1) is 8.87. The Morgan fingerprint density at radius 1 is 1.35 bits per heavy atom. The highest BCUT2D eigenvalue weighted by atomic mass is 35.5. The van der Waals surface area contributed by atoms with Gasteiger partial charge in [0, 0.05) is 6.04 Å². The Morgan fingerprint density at radius 2 is 1.95 bits per heavy atom. The largest absolute Gasteiger partial charge is 0.351 e. The molecule has 2 atom stereocenters. The van der Waals surface area contributed by atoms with E-state index >= 15 is 0 Å². The van der Waals surface area contributed by atoms with Crippen LogP contribution in [0.15, 0.2) is 24.3 Å². The molecule has 0 radical (unpaired) electrons. The predicted molar refractivity (Wildman–Crippen MR) is 80.6 cm³/mol. The smallest absolute Gasteiger partial charge is 0.241 e. The molecule has 2 unspecified atom stereocenters. The number of halogens is 1. The van der Waals surface area contributed by atoms with Gasteiger partial charge in [0.25, 0.3) is 0 Å². The van der Waals surface area contributed by atoms with Crippen LogP contribution in [0.3, 0.4) is 0 Å². The molecule has 1 heterocycles. The molecule has 1 aromatic rings. The third-order valence-corrected chi connectivity index (χ3v) is 5.07. The van der Waals surface area contributed by atoms with Crippen molar-refractivity contribution in [3.63, 3.8) is 0 Å². The van der Waals surface area contributed by atoms with Gasteiger partial charge in [-0.2, -0.15) is 0 Å². The summed E-state index contributed by atoms with van der Waals surface area (Å²) in [6.45, 7) is 1.96. The van der Waals surface area contributed by atoms with E-state index in [1.54, 1.807) is 0 Å². The zero-order chi connectivity index (χ0) is 14.0. The van der Waals surface area contributed by atoms with Gasteiger partial charge in [-0.05, 0) is 18.9 Å². The average molecular weight is 319 g/mol. The van der Waals surface area contributed by atoms with Crippen LogP contribution in [-0.4, -0.2) is 31.9 Å². The maximum absolute atomic E-state index is 12.0. The number of rotatable bonds is 3. The summed E-state index contributed by atoms with van der Waals surface area (Å²) in [6, 6.07) is 6.33. The van der Waals surface area contributed by atoms with E-state index in [1.165, 1.54) is 0 Å². The van der Waals surface area contributed by atoms with E-state index in [0.29, 0.717) is 6.42 Å². The second-order valence-electron chi connectivity index (χ2n) is 5.00. The van der Waals surface area contributed by atoms with Crippen LogP contribution in [0.2, 0.25) is 0 Å². The molecule has 1 aliphatic heterocycles. The number of aryl methyl sites for hydroxylation is 1. The zero-order valence-electron chi connectivity index (χ0n) is 11.2. The Kier molecular flexibility index (Phi) is 5.56. The quantitative estimate of drug-likeness (QED) is 0.859. The predicted octanol–water partition coefficient (Wildman–Crippen LogP) is 0.720. The van der Waals surface area contributed by atoms with Crippen molar-refractivity contribution in [1.82, 2.24) is 5.32 Å². The highest BCUT2D eigenvalue weighted by Gasteiger charge is 2.30. The highest BCUT2D eigenvalue weighted by molar-refractivity contribution is 7.91. The van der Waals surface area contributed by atoms with Crippen molar-refractivity contribution in [3.05, 3.63) is 35.4 Å². The maximum Gasteiger partial charge on any atom is 0.241 e. The number of benzene rings is 1. The van der Waals surface area contributed by atoms with Crippen LogP contribution in [0.25, 0.3) is 0 Å². The van der Waals surface area contributed by atoms with Crippen molar-refractivity contribution in [1.29, 1.82) is 0 Å². The minimum Gasteiger partial charge on any atom is -0.351 e. The van der Waals surface area contributed by atoms with Crippen LogP contribution in [0, 0.1) is 6.92 Å². The lowest BCUT2D eigenvalue weighted by molar-refractivity contribution is -0.123. The van der Waals surface area contributed by atoms with E-state index in [9.17, 15) is 13.2 Å². The molecule has 112 valence electrons. The van der Waals surface area contributed by atoms with Gasteiger partial charge in [-0.25, -0.2) is 8.42 Å². The molecule has 0 spiro atoms. The lowest BCUT2D eigenvalue weighted by Crippen LogP contribution is -2.41. The molecule has 1 saturated heterocycles. The molecule has 20 heavy (non-hydrogen) atoms. The summed E-state index contributed by atoms with van der Waals surface area (Å²) in [6.07, 6.45) is 0.467. The molecule has 2 rings (SSSR count). The topological polar surface area (TPSA) is 89.3 Å². The van der Waals surface area contributed by atoms with Gasteiger partial charge >= 0.3 is 0 Å². The molecule has 0 aromatic heterocycles. The number of amides is 1. The number of nitrogens with one attached hydrogen (secondary N) is 1. The first-order valence-electron chi connectivity index (χ1n) is 6.20. The second kappa shape index (κ2) is 6.56. The fourth-order valence-corrected chi connectivity index (χ4v) is 3.80. The fourth-order valence-electron chi connectivity index (χ4n) is 2.12. The van der Waals surface area contributed by atoms with Crippen molar-refractivity contribution in [2.45, 2.75) is 25.4 Å². The summed E-state index contributed by atoms with van der Waals surface area (Å²) in [5.74, 6) is -0.178. The fraction of sp³-hybridized carbons (Fsp3) is 0.462. The van der Waals surface area contributed by atoms with Gasteiger partial charge in [-0.3, -0.25) is 4.79 Å². The number of carbonyl (C=O) groups excluding carboxylic acids is 1. The van der Waals surface area contributed by atoms with Crippen LogP contribution in [0.1, 0.15) is 23.6 Å². The van der Waals surface area contributed by atoms with Gasteiger partial charge in [-0.15, -0.1) is 12.4 Å². The SMILES string of the molecule is Cc1ccc(C(N)C(=O)NC2CCS(=O)(=O)C2)cc1.Cl. The Hall–Kier alpha value is -1.11. The summed E-state index contributed by atoms with van der Waals surface area (Å²) in [5, 5.41) is 2.70. The van der Waals surface area contributed by atoms with Gasteiger partial charge in [0.2, 0.25) is 5.91 Å². The molecular weight excluding hydrogens is 300 g/mol. The summed E-state index contributed by atoms with van der Waals surface area (Å²) in [5.41, 5.74) is 7.69. The third kappa shape index (κ3) is 4.19. The van der Waals surface area contributed by atoms with Crippen molar-refractivity contribution in [2.24, 2.45) is 5.73 Å². The van der Waals surface area contributed by atoms with Crippen molar-refractivity contribution in [3.8, 4) is 0 Å². The Morgan fingerprint density at radius 3 is 2.45 bits per heavy atom. The molecule has 7 heteroatoms. The van der Waals surface area contributed by atoms with E-state index in [1.807, 2.05) is 31.2 Å². The summed E-state index contributed by atoms with van der Waals surface area (Å²) < 4.78 is 22.6. The van der Waals surface area contributed by atoms with Gasteiger partial charge in [0.05, 0.1) is 11.5 Å². The Balaban J connectivity index is 0.00000200. The van der Waals surface area contributed by atoms with E-state index in [-0.39, 0.29) is 35.9 Å².